The van der Waals surface area contributed by atoms with Crippen molar-refractivity contribution in [1.82, 2.24) is 0 Å². The van der Waals surface area contributed by atoms with Gasteiger partial charge in [0, 0.05) is 5.69 Å². The van der Waals surface area contributed by atoms with E-state index in [9.17, 15) is 9.59 Å². The molecule has 5 nitrogen and oxygen atoms in total. The maximum atomic E-state index is 12.7. The van der Waals surface area contributed by atoms with E-state index < -0.39 is 12.1 Å². The van der Waals surface area contributed by atoms with E-state index in [1.54, 1.807) is 32.0 Å². The summed E-state index contributed by atoms with van der Waals surface area (Å²) in [5.74, 6) is 0.313. The molecule has 0 radical (unpaired) electrons. The first-order valence-electron chi connectivity index (χ1n) is 9.58. The fraction of sp³-hybridized carbons (Fsp3) is 0.391. The van der Waals surface area contributed by atoms with Crippen LogP contribution in [-0.4, -0.2) is 24.6 Å². The van der Waals surface area contributed by atoms with Gasteiger partial charge in [-0.25, -0.2) is 4.79 Å². The van der Waals surface area contributed by atoms with Crippen LogP contribution in [0.15, 0.2) is 36.4 Å². The SMILES string of the molecule is CCOC(=O)c1ccc(C)c(NC(=O)[C@H](C)Oc2cc(C)ccc2C(C)C)c1. The summed E-state index contributed by atoms with van der Waals surface area (Å²) in [6.45, 7) is 11.8. The van der Waals surface area contributed by atoms with Crippen LogP contribution in [0.3, 0.4) is 0 Å². The maximum absolute atomic E-state index is 12.7. The average Bonchev–Trinajstić information content (AvgIpc) is 2.63. The molecule has 2 aromatic carbocycles. The molecule has 0 aliphatic heterocycles. The molecule has 0 aromatic heterocycles. The number of esters is 1. The lowest BCUT2D eigenvalue weighted by molar-refractivity contribution is -0.122. The van der Waals surface area contributed by atoms with Crippen LogP contribution in [0.2, 0.25) is 0 Å². The molecule has 0 fully saturated rings. The first-order chi connectivity index (χ1) is 13.2. The molecule has 0 bridgehead atoms. The van der Waals surface area contributed by atoms with E-state index in [1.165, 1.54) is 0 Å². The minimum atomic E-state index is -0.690. The van der Waals surface area contributed by atoms with E-state index in [2.05, 4.69) is 19.2 Å². The topological polar surface area (TPSA) is 64.6 Å². The summed E-state index contributed by atoms with van der Waals surface area (Å²) < 4.78 is 11.0. The Morgan fingerprint density at radius 3 is 2.39 bits per heavy atom. The van der Waals surface area contributed by atoms with Crippen molar-refractivity contribution in [2.75, 3.05) is 11.9 Å². The van der Waals surface area contributed by atoms with Gasteiger partial charge < -0.3 is 14.8 Å². The van der Waals surface area contributed by atoms with Crippen LogP contribution >= 0.6 is 0 Å². The van der Waals surface area contributed by atoms with Crippen LogP contribution < -0.4 is 10.1 Å². The smallest absolute Gasteiger partial charge is 0.338 e. The fourth-order valence-corrected chi connectivity index (χ4v) is 2.80. The third-order valence-electron chi connectivity index (χ3n) is 4.47. The van der Waals surface area contributed by atoms with E-state index >= 15 is 0 Å². The molecule has 1 atom stereocenters. The molecular formula is C23H29NO4. The summed E-state index contributed by atoms with van der Waals surface area (Å²) in [6, 6.07) is 11.1. The van der Waals surface area contributed by atoms with Crippen molar-refractivity contribution in [2.45, 2.75) is 53.6 Å². The monoisotopic (exact) mass is 383 g/mol. The zero-order chi connectivity index (χ0) is 20.8. The Morgan fingerprint density at radius 2 is 1.75 bits per heavy atom. The number of carbonyl (C=O) groups is 2. The van der Waals surface area contributed by atoms with Gasteiger partial charge in [-0.15, -0.1) is 0 Å². The van der Waals surface area contributed by atoms with Gasteiger partial charge in [-0.3, -0.25) is 4.79 Å². The maximum Gasteiger partial charge on any atom is 0.338 e. The Morgan fingerprint density at radius 1 is 1.04 bits per heavy atom. The van der Waals surface area contributed by atoms with Crippen LogP contribution in [0.5, 0.6) is 5.75 Å². The molecule has 5 heteroatoms. The quantitative estimate of drug-likeness (QED) is 0.683. The minimum absolute atomic E-state index is 0.277. The third-order valence-corrected chi connectivity index (χ3v) is 4.47. The van der Waals surface area contributed by atoms with Gasteiger partial charge in [0.1, 0.15) is 5.75 Å². The zero-order valence-corrected chi connectivity index (χ0v) is 17.5. The molecule has 1 amide bonds. The highest BCUT2D eigenvalue weighted by molar-refractivity contribution is 5.97. The molecule has 0 saturated heterocycles. The van der Waals surface area contributed by atoms with Gasteiger partial charge in [0.15, 0.2) is 6.10 Å². The van der Waals surface area contributed by atoms with Gasteiger partial charge in [0.05, 0.1) is 12.2 Å². The first-order valence-corrected chi connectivity index (χ1v) is 9.58. The van der Waals surface area contributed by atoms with Crippen LogP contribution in [0.25, 0.3) is 0 Å². The number of hydrogen-bond acceptors (Lipinski definition) is 4. The molecule has 0 unspecified atom stereocenters. The van der Waals surface area contributed by atoms with E-state index in [-0.39, 0.29) is 11.8 Å². The number of benzene rings is 2. The Hall–Kier alpha value is -2.82. The van der Waals surface area contributed by atoms with Gasteiger partial charge in [-0.1, -0.05) is 32.0 Å². The van der Waals surface area contributed by atoms with Crippen molar-refractivity contribution >= 4 is 17.6 Å². The van der Waals surface area contributed by atoms with E-state index in [0.29, 0.717) is 17.9 Å². The van der Waals surface area contributed by atoms with Crippen molar-refractivity contribution < 1.29 is 19.1 Å². The Bertz CT molecular complexity index is 858. The molecule has 0 spiro atoms. The second kappa shape index (κ2) is 9.40. The number of amides is 1. The Balaban J connectivity index is 2.16. The summed E-state index contributed by atoms with van der Waals surface area (Å²) in [4.78, 5) is 24.6. The highest BCUT2D eigenvalue weighted by atomic mass is 16.5. The second-order valence-corrected chi connectivity index (χ2v) is 7.20. The van der Waals surface area contributed by atoms with E-state index in [0.717, 1.165) is 22.4 Å². The average molecular weight is 383 g/mol. The van der Waals surface area contributed by atoms with Gasteiger partial charge in [0.2, 0.25) is 0 Å². The minimum Gasteiger partial charge on any atom is -0.481 e. The number of anilines is 1. The first kappa shape index (κ1) is 21.5. The summed E-state index contributed by atoms with van der Waals surface area (Å²) >= 11 is 0. The normalized spacial score (nSPS) is 11.8. The number of aryl methyl sites for hydroxylation is 2. The summed E-state index contributed by atoms with van der Waals surface area (Å²) in [6.07, 6.45) is -0.690. The standard InChI is InChI=1S/C23H29NO4/c1-7-27-23(26)18-10-9-16(5)20(13-18)24-22(25)17(6)28-21-12-15(4)8-11-19(21)14(2)3/h8-14,17H,7H2,1-6H3,(H,24,25)/t17-/m0/s1. The summed E-state index contributed by atoms with van der Waals surface area (Å²) in [7, 11) is 0. The highest BCUT2D eigenvalue weighted by Gasteiger charge is 2.19. The molecule has 28 heavy (non-hydrogen) atoms. The molecule has 0 aliphatic carbocycles. The Labute approximate surface area is 167 Å². The lowest BCUT2D eigenvalue weighted by Crippen LogP contribution is -2.30. The van der Waals surface area contributed by atoms with Crippen LogP contribution in [0.4, 0.5) is 5.69 Å². The van der Waals surface area contributed by atoms with Gasteiger partial charge >= 0.3 is 5.97 Å². The lowest BCUT2D eigenvalue weighted by Gasteiger charge is -2.20. The molecule has 1 N–H and O–H groups in total. The van der Waals surface area contributed by atoms with Crippen molar-refractivity contribution in [2.24, 2.45) is 0 Å². The second-order valence-electron chi connectivity index (χ2n) is 7.20. The van der Waals surface area contributed by atoms with Crippen molar-refractivity contribution in [3.63, 3.8) is 0 Å². The van der Waals surface area contributed by atoms with Crippen LogP contribution in [-0.2, 0) is 9.53 Å². The number of ether oxygens (including phenoxy) is 2. The van der Waals surface area contributed by atoms with Crippen LogP contribution in [0, 0.1) is 13.8 Å². The van der Waals surface area contributed by atoms with E-state index in [4.69, 9.17) is 9.47 Å². The molecule has 2 rings (SSSR count). The molecular weight excluding hydrogens is 354 g/mol. The van der Waals surface area contributed by atoms with Crippen molar-refractivity contribution in [3.05, 3.63) is 58.7 Å². The molecule has 150 valence electrons. The molecule has 0 heterocycles. The Kier molecular flexibility index (Phi) is 7.21. The molecule has 0 saturated carbocycles. The van der Waals surface area contributed by atoms with Crippen molar-refractivity contribution in [3.8, 4) is 5.75 Å². The largest absolute Gasteiger partial charge is 0.481 e. The number of nitrogens with one attached hydrogen (secondary N) is 1. The zero-order valence-electron chi connectivity index (χ0n) is 17.5. The predicted octanol–water partition coefficient (Wildman–Crippen LogP) is 5.01. The van der Waals surface area contributed by atoms with Gasteiger partial charge in [-0.05, 0) is 68.5 Å². The van der Waals surface area contributed by atoms with Gasteiger partial charge in [-0.2, -0.15) is 0 Å². The summed E-state index contributed by atoms with van der Waals surface area (Å²) in [5, 5.41) is 2.86. The fourth-order valence-electron chi connectivity index (χ4n) is 2.80. The predicted molar refractivity (Wildman–Crippen MR) is 111 cm³/mol. The molecule has 2 aromatic rings. The third kappa shape index (κ3) is 5.35. The van der Waals surface area contributed by atoms with E-state index in [1.807, 2.05) is 32.0 Å². The van der Waals surface area contributed by atoms with Crippen molar-refractivity contribution in [1.29, 1.82) is 0 Å². The number of carbonyl (C=O) groups excluding carboxylic acids is 2. The number of hydrogen-bond donors (Lipinski definition) is 1. The number of rotatable bonds is 7. The summed E-state index contributed by atoms with van der Waals surface area (Å²) in [5.41, 5.74) is 3.96. The van der Waals surface area contributed by atoms with Crippen LogP contribution in [0.1, 0.15) is 60.7 Å². The van der Waals surface area contributed by atoms with Gasteiger partial charge in [0.25, 0.3) is 5.91 Å². The lowest BCUT2D eigenvalue weighted by atomic mass is 10.0. The molecule has 0 aliphatic rings. The highest BCUT2D eigenvalue weighted by Crippen LogP contribution is 2.28.